The van der Waals surface area contributed by atoms with Crippen molar-refractivity contribution in [2.75, 3.05) is 31.6 Å². The van der Waals surface area contributed by atoms with Gasteiger partial charge in [-0.15, -0.1) is 0 Å². The number of non-ortho nitro benzene ring substituents is 1. The average Bonchev–Trinajstić information content (AvgIpc) is 3.34. The standard InChI is InChI=1S/C27H35N3O4/c1-21-6-4-17-29(20-21)18-5-19-34-25-13-9-23(10-14-25)28-26(31)27(15-2-3-16-27)22-7-11-24(12-8-22)30(32)33/h7-14,21H,2-6,15-20H2,1H3,(H,28,31). The van der Waals surface area contributed by atoms with Gasteiger partial charge in [0, 0.05) is 30.9 Å². The molecule has 0 aromatic heterocycles. The van der Waals surface area contributed by atoms with Gasteiger partial charge in [0.2, 0.25) is 5.91 Å². The minimum atomic E-state index is -0.643. The van der Waals surface area contributed by atoms with Crippen LogP contribution >= 0.6 is 0 Å². The molecule has 0 bridgehead atoms. The third kappa shape index (κ3) is 5.76. The number of hydrogen-bond acceptors (Lipinski definition) is 5. The van der Waals surface area contributed by atoms with Crippen molar-refractivity contribution < 1.29 is 14.5 Å². The lowest BCUT2D eigenvalue weighted by Gasteiger charge is -2.30. The van der Waals surface area contributed by atoms with E-state index in [9.17, 15) is 14.9 Å². The smallest absolute Gasteiger partial charge is 0.269 e. The van der Waals surface area contributed by atoms with E-state index in [1.165, 1.54) is 38.1 Å². The second-order valence-corrected chi connectivity index (χ2v) is 9.82. The van der Waals surface area contributed by atoms with Gasteiger partial charge in [-0.1, -0.05) is 31.9 Å². The Hall–Kier alpha value is -2.93. The van der Waals surface area contributed by atoms with Gasteiger partial charge in [0.25, 0.3) is 5.69 Å². The minimum absolute atomic E-state index is 0.0402. The molecule has 1 aliphatic carbocycles. The molecule has 1 amide bonds. The minimum Gasteiger partial charge on any atom is -0.494 e. The molecule has 0 spiro atoms. The molecule has 7 nitrogen and oxygen atoms in total. The first-order valence-electron chi connectivity index (χ1n) is 12.5. The third-order valence-electron chi connectivity index (χ3n) is 7.26. The topological polar surface area (TPSA) is 84.7 Å². The first kappa shape index (κ1) is 24.2. The Kier molecular flexibility index (Phi) is 7.83. The molecule has 4 rings (SSSR count). The van der Waals surface area contributed by atoms with Crippen LogP contribution in [0.3, 0.4) is 0 Å². The SMILES string of the molecule is CC1CCCN(CCCOc2ccc(NC(=O)C3(c4ccc([N+](=O)[O-])cc4)CCCC3)cc2)C1. The van der Waals surface area contributed by atoms with E-state index in [-0.39, 0.29) is 11.6 Å². The molecule has 0 radical (unpaired) electrons. The Labute approximate surface area is 201 Å². The number of ether oxygens (including phenoxy) is 1. The normalized spacial score (nSPS) is 20.1. The van der Waals surface area contributed by atoms with Crippen LogP contribution in [0.5, 0.6) is 5.75 Å². The molecule has 2 aliphatic rings. The van der Waals surface area contributed by atoms with Crippen LogP contribution < -0.4 is 10.1 Å². The van der Waals surface area contributed by atoms with E-state index in [0.717, 1.165) is 61.6 Å². The maximum atomic E-state index is 13.3. The molecule has 2 aromatic rings. The van der Waals surface area contributed by atoms with Crippen molar-refractivity contribution >= 4 is 17.3 Å². The monoisotopic (exact) mass is 465 g/mol. The summed E-state index contributed by atoms with van der Waals surface area (Å²) in [5, 5.41) is 14.1. The van der Waals surface area contributed by atoms with E-state index in [1.807, 2.05) is 24.3 Å². The molecule has 1 heterocycles. The van der Waals surface area contributed by atoms with Gasteiger partial charge >= 0.3 is 0 Å². The van der Waals surface area contributed by atoms with Gasteiger partial charge in [0.15, 0.2) is 0 Å². The molecule has 34 heavy (non-hydrogen) atoms. The molecular formula is C27H35N3O4. The van der Waals surface area contributed by atoms with Crippen LogP contribution in [0.1, 0.15) is 57.4 Å². The zero-order valence-corrected chi connectivity index (χ0v) is 20.0. The first-order valence-corrected chi connectivity index (χ1v) is 12.5. The number of anilines is 1. The highest BCUT2D eigenvalue weighted by molar-refractivity contribution is 5.99. The Bertz CT molecular complexity index is 968. The summed E-state index contributed by atoms with van der Waals surface area (Å²) >= 11 is 0. The van der Waals surface area contributed by atoms with Crippen molar-refractivity contribution in [3.05, 3.63) is 64.2 Å². The lowest BCUT2D eigenvalue weighted by molar-refractivity contribution is -0.384. The summed E-state index contributed by atoms with van der Waals surface area (Å²) in [6.07, 6.45) is 7.05. The number of nitrogens with zero attached hydrogens (tertiary/aromatic N) is 2. The summed E-state index contributed by atoms with van der Waals surface area (Å²) < 4.78 is 5.91. The highest BCUT2D eigenvalue weighted by atomic mass is 16.6. The molecule has 7 heteroatoms. The van der Waals surface area contributed by atoms with E-state index in [2.05, 4.69) is 17.1 Å². The number of amides is 1. The van der Waals surface area contributed by atoms with E-state index in [4.69, 9.17) is 4.74 Å². The predicted molar refractivity (Wildman–Crippen MR) is 133 cm³/mol. The number of hydrogen-bond donors (Lipinski definition) is 1. The van der Waals surface area contributed by atoms with Gasteiger partial charge < -0.3 is 15.0 Å². The van der Waals surface area contributed by atoms with Crippen molar-refractivity contribution in [2.24, 2.45) is 5.92 Å². The number of carbonyl (C=O) groups is 1. The maximum Gasteiger partial charge on any atom is 0.269 e. The Morgan fingerprint density at radius 3 is 2.47 bits per heavy atom. The third-order valence-corrected chi connectivity index (χ3v) is 7.26. The second-order valence-electron chi connectivity index (χ2n) is 9.82. The van der Waals surface area contributed by atoms with Crippen LogP contribution in [0.15, 0.2) is 48.5 Å². The van der Waals surface area contributed by atoms with Crippen molar-refractivity contribution in [3.63, 3.8) is 0 Å². The molecular weight excluding hydrogens is 430 g/mol. The van der Waals surface area contributed by atoms with E-state index in [1.54, 1.807) is 12.1 Å². The first-order chi connectivity index (χ1) is 16.5. The number of nitro groups is 1. The Balaban J connectivity index is 1.31. The zero-order valence-electron chi connectivity index (χ0n) is 20.0. The van der Waals surface area contributed by atoms with Crippen LogP contribution in [-0.2, 0) is 10.2 Å². The van der Waals surface area contributed by atoms with E-state index in [0.29, 0.717) is 6.61 Å². The van der Waals surface area contributed by atoms with Crippen molar-refractivity contribution in [1.82, 2.24) is 4.90 Å². The van der Waals surface area contributed by atoms with Crippen molar-refractivity contribution in [1.29, 1.82) is 0 Å². The molecule has 1 saturated carbocycles. The van der Waals surface area contributed by atoms with Gasteiger partial charge in [0.05, 0.1) is 16.9 Å². The summed E-state index contributed by atoms with van der Waals surface area (Å²) in [6.45, 7) is 6.46. The molecule has 1 atom stereocenters. The maximum absolute atomic E-state index is 13.3. The molecule has 2 aromatic carbocycles. The van der Waals surface area contributed by atoms with Crippen molar-refractivity contribution in [3.8, 4) is 5.75 Å². The van der Waals surface area contributed by atoms with Crippen LogP contribution in [0.25, 0.3) is 0 Å². The fraction of sp³-hybridized carbons (Fsp3) is 0.519. The fourth-order valence-electron chi connectivity index (χ4n) is 5.38. The molecule has 1 unspecified atom stereocenters. The number of carbonyl (C=O) groups excluding carboxylic acids is 1. The predicted octanol–water partition coefficient (Wildman–Crippen LogP) is 5.55. The van der Waals surface area contributed by atoms with Crippen LogP contribution in [-0.4, -0.2) is 42.0 Å². The quantitative estimate of drug-likeness (QED) is 0.298. The number of rotatable bonds is 9. The van der Waals surface area contributed by atoms with E-state index < -0.39 is 10.3 Å². The van der Waals surface area contributed by atoms with Gasteiger partial charge in [-0.2, -0.15) is 0 Å². The van der Waals surface area contributed by atoms with Gasteiger partial charge in [0.1, 0.15) is 5.75 Å². The number of piperidine rings is 1. The molecule has 1 N–H and O–H groups in total. The zero-order chi connectivity index (χ0) is 24.0. The van der Waals surface area contributed by atoms with Crippen LogP contribution in [0, 0.1) is 16.0 Å². The Morgan fingerprint density at radius 1 is 1.12 bits per heavy atom. The molecule has 1 aliphatic heterocycles. The van der Waals surface area contributed by atoms with Crippen molar-refractivity contribution in [2.45, 2.75) is 57.3 Å². The number of likely N-dealkylation sites (tertiary alicyclic amines) is 1. The fourth-order valence-corrected chi connectivity index (χ4v) is 5.38. The second kappa shape index (κ2) is 11.0. The highest BCUT2D eigenvalue weighted by Crippen LogP contribution is 2.42. The largest absolute Gasteiger partial charge is 0.494 e. The number of nitrogens with one attached hydrogen (secondary N) is 1. The number of benzene rings is 2. The molecule has 2 fully saturated rings. The van der Waals surface area contributed by atoms with Crippen LogP contribution in [0.2, 0.25) is 0 Å². The van der Waals surface area contributed by atoms with Gasteiger partial charge in [-0.25, -0.2) is 0 Å². The lowest BCUT2D eigenvalue weighted by atomic mass is 9.78. The average molecular weight is 466 g/mol. The summed E-state index contributed by atoms with van der Waals surface area (Å²) in [5.74, 6) is 1.54. The summed E-state index contributed by atoms with van der Waals surface area (Å²) in [7, 11) is 0. The lowest BCUT2D eigenvalue weighted by Crippen LogP contribution is -2.38. The summed E-state index contributed by atoms with van der Waals surface area (Å²) in [6, 6.07) is 14.0. The van der Waals surface area contributed by atoms with Crippen LogP contribution in [0.4, 0.5) is 11.4 Å². The summed E-state index contributed by atoms with van der Waals surface area (Å²) in [4.78, 5) is 26.5. The molecule has 182 valence electrons. The van der Waals surface area contributed by atoms with Gasteiger partial charge in [-0.05, 0) is 74.4 Å². The number of nitro benzene ring substituents is 1. The summed E-state index contributed by atoms with van der Waals surface area (Å²) in [5.41, 5.74) is 0.971. The highest BCUT2D eigenvalue weighted by Gasteiger charge is 2.42. The molecule has 1 saturated heterocycles. The van der Waals surface area contributed by atoms with Gasteiger partial charge in [-0.3, -0.25) is 14.9 Å². The Morgan fingerprint density at radius 2 is 1.82 bits per heavy atom. The van der Waals surface area contributed by atoms with E-state index >= 15 is 0 Å².